The number of carboxylic acid groups (broad SMARTS) is 1. The van der Waals surface area contributed by atoms with E-state index < -0.39 is 10.6 Å². The molecule has 0 aliphatic carbocycles. The van der Waals surface area contributed by atoms with E-state index in [2.05, 4.69) is 25.3 Å². The normalized spacial score (nSPS) is 7.86. The summed E-state index contributed by atoms with van der Waals surface area (Å²) >= 11 is 6.79. The Morgan fingerprint density at radius 2 is 1.71 bits per heavy atom. The predicted octanol–water partition coefficient (Wildman–Crippen LogP) is -4.07. The monoisotopic (exact) mass is 146 g/mol. The van der Waals surface area contributed by atoms with Gasteiger partial charge in [-0.15, -0.1) is 0 Å². The van der Waals surface area contributed by atoms with E-state index in [1.54, 1.807) is 0 Å². The third-order valence-corrected chi connectivity index (χ3v) is 0.632. The molecule has 0 fully saturated rings. The minimum absolute atomic E-state index is 0. The fraction of sp³-hybridized carbons (Fsp3) is 0.500. The molecule has 2 nitrogen and oxygen atoms in total. The van der Waals surface area contributed by atoms with Crippen LogP contribution >= 0.6 is 25.3 Å². The second-order valence-corrected chi connectivity index (χ2v) is 2.13. The Bertz CT molecular complexity index is 64.7. The van der Waals surface area contributed by atoms with Crippen LogP contribution in [0.5, 0.6) is 0 Å². The molecule has 0 aromatic carbocycles. The van der Waals surface area contributed by atoms with Crippen molar-refractivity contribution in [3.05, 3.63) is 0 Å². The van der Waals surface area contributed by atoms with Gasteiger partial charge in [-0.2, -0.15) is 25.3 Å². The maximum absolute atomic E-state index is 9.44. The number of rotatable bonds is 1. The number of carbonyl (C=O) groups is 1. The van der Waals surface area contributed by atoms with E-state index >= 15 is 0 Å². The number of hydrogen-bond donors (Lipinski definition) is 2. The van der Waals surface area contributed by atoms with Gasteiger partial charge in [-0.25, -0.2) is 0 Å². The van der Waals surface area contributed by atoms with Crippen LogP contribution in [0.4, 0.5) is 0 Å². The van der Waals surface area contributed by atoms with Crippen molar-refractivity contribution in [1.82, 2.24) is 0 Å². The molecule has 0 aliphatic heterocycles. The Kier molecular flexibility index (Phi) is 8.37. The topological polar surface area (TPSA) is 40.1 Å². The van der Waals surface area contributed by atoms with Gasteiger partial charge in [0.05, 0.1) is 10.6 Å². The summed E-state index contributed by atoms with van der Waals surface area (Å²) in [5.41, 5.74) is 0. The van der Waals surface area contributed by atoms with Gasteiger partial charge in [0.15, 0.2) is 0 Å². The fourth-order valence-electron chi connectivity index (χ4n) is 0. The van der Waals surface area contributed by atoms with Crippen LogP contribution in [-0.2, 0) is 4.79 Å². The molecular weight excluding hydrogens is 143 g/mol. The molecule has 0 radical (unpaired) electrons. The van der Waals surface area contributed by atoms with E-state index in [0.29, 0.717) is 0 Å². The molecule has 7 heavy (non-hydrogen) atoms. The summed E-state index contributed by atoms with van der Waals surface area (Å²) in [5, 5.41) is 9.44. The smallest absolute Gasteiger partial charge is 0.548 e. The molecule has 0 rings (SSSR count). The van der Waals surface area contributed by atoms with Crippen molar-refractivity contribution in [2.75, 3.05) is 0 Å². The van der Waals surface area contributed by atoms with Gasteiger partial charge in [-0.05, 0) is 0 Å². The zero-order chi connectivity index (χ0) is 5.15. The second kappa shape index (κ2) is 5.31. The van der Waals surface area contributed by atoms with E-state index in [1.165, 1.54) is 0 Å². The second-order valence-electron chi connectivity index (χ2n) is 0.693. The summed E-state index contributed by atoms with van der Waals surface area (Å²) in [6.07, 6.45) is 0. The molecule has 0 N–H and O–H groups in total. The molecule has 0 atom stereocenters. The number of carboxylic acids is 1. The average Bonchev–Trinajstić information content (AvgIpc) is 1.36. The van der Waals surface area contributed by atoms with E-state index in [9.17, 15) is 9.90 Å². The molecule has 5 heteroatoms. The minimum atomic E-state index is -1.26. The van der Waals surface area contributed by atoms with Crippen molar-refractivity contribution in [3.8, 4) is 0 Å². The third kappa shape index (κ3) is 7.17. The first-order valence-electron chi connectivity index (χ1n) is 1.21. The van der Waals surface area contributed by atoms with Gasteiger partial charge in [-0.3, -0.25) is 0 Å². The molecule has 0 bridgehead atoms. The summed E-state index contributed by atoms with van der Waals surface area (Å²) in [6, 6.07) is 0. The van der Waals surface area contributed by atoms with Gasteiger partial charge in [0.25, 0.3) is 0 Å². The van der Waals surface area contributed by atoms with Crippen LogP contribution in [-0.4, -0.2) is 10.6 Å². The van der Waals surface area contributed by atoms with Crippen LogP contribution in [0.15, 0.2) is 0 Å². The van der Waals surface area contributed by atoms with E-state index in [-0.39, 0.29) is 29.6 Å². The van der Waals surface area contributed by atoms with Gasteiger partial charge >= 0.3 is 29.6 Å². The van der Waals surface area contributed by atoms with Crippen LogP contribution in [0.3, 0.4) is 0 Å². The van der Waals surface area contributed by atoms with Gasteiger partial charge in [-0.1, -0.05) is 0 Å². The van der Waals surface area contributed by atoms with Gasteiger partial charge in [0.2, 0.25) is 0 Å². The van der Waals surface area contributed by atoms with E-state index in [0.717, 1.165) is 0 Å². The first-order chi connectivity index (χ1) is 2.64. The Labute approximate surface area is 74.8 Å². The van der Waals surface area contributed by atoms with Crippen molar-refractivity contribution in [3.63, 3.8) is 0 Å². The average molecular weight is 146 g/mol. The molecule has 0 saturated heterocycles. The molecule has 0 aromatic heterocycles. The molecule has 0 aromatic rings. The van der Waals surface area contributed by atoms with Crippen molar-refractivity contribution < 1.29 is 39.5 Å². The standard InChI is InChI=1S/C2H4O2S2.Na/c3-1(4)2(5)6;/h2,5-6H,(H,3,4);/q;+1/p-1. The van der Waals surface area contributed by atoms with Gasteiger partial charge < -0.3 is 9.90 Å². The fourth-order valence-corrected chi connectivity index (χ4v) is 0. The summed E-state index contributed by atoms with van der Waals surface area (Å²) in [7, 11) is 0. The van der Waals surface area contributed by atoms with Crippen LogP contribution in [0, 0.1) is 0 Å². The summed E-state index contributed by atoms with van der Waals surface area (Å²) in [6.45, 7) is 0. The number of carbonyl (C=O) groups excluding carboxylic acids is 1. The Balaban J connectivity index is 0. The quantitative estimate of drug-likeness (QED) is 0.224. The van der Waals surface area contributed by atoms with Crippen molar-refractivity contribution in [2.24, 2.45) is 0 Å². The van der Waals surface area contributed by atoms with Crippen molar-refractivity contribution in [1.29, 1.82) is 0 Å². The molecule has 0 spiro atoms. The third-order valence-electron chi connectivity index (χ3n) is 0.211. The molecule has 0 heterocycles. The molecular formula is C2H3NaO2S2. The maximum Gasteiger partial charge on any atom is 1.00 e. The van der Waals surface area contributed by atoms with Crippen LogP contribution in [0.2, 0.25) is 0 Å². The van der Waals surface area contributed by atoms with Crippen LogP contribution in [0.1, 0.15) is 0 Å². The van der Waals surface area contributed by atoms with E-state index in [1.807, 2.05) is 0 Å². The first-order valence-corrected chi connectivity index (χ1v) is 2.25. The molecule has 36 valence electrons. The number of aliphatic carboxylic acids is 1. The summed E-state index contributed by atoms with van der Waals surface area (Å²) < 4.78 is -0.954. The number of hydrogen-bond acceptors (Lipinski definition) is 4. The zero-order valence-corrected chi connectivity index (χ0v) is 7.58. The minimum Gasteiger partial charge on any atom is -0.548 e. The van der Waals surface area contributed by atoms with E-state index in [4.69, 9.17) is 0 Å². The van der Waals surface area contributed by atoms with Crippen LogP contribution in [0.25, 0.3) is 0 Å². The molecule has 0 aliphatic rings. The molecule has 0 unspecified atom stereocenters. The summed E-state index contributed by atoms with van der Waals surface area (Å²) in [5.74, 6) is -1.26. The molecule has 0 saturated carbocycles. The summed E-state index contributed by atoms with van der Waals surface area (Å²) in [4.78, 5) is 9.44. The largest absolute Gasteiger partial charge is 1.00 e. The zero-order valence-electron chi connectivity index (χ0n) is 3.79. The van der Waals surface area contributed by atoms with Gasteiger partial charge in [0.1, 0.15) is 0 Å². The Morgan fingerprint density at radius 3 is 1.71 bits per heavy atom. The van der Waals surface area contributed by atoms with Gasteiger partial charge in [0, 0.05) is 0 Å². The van der Waals surface area contributed by atoms with Crippen molar-refractivity contribution in [2.45, 2.75) is 4.58 Å². The van der Waals surface area contributed by atoms with Crippen molar-refractivity contribution >= 4 is 31.2 Å². The SMILES string of the molecule is O=C([O-])C(S)S.[Na+]. The predicted molar refractivity (Wildman–Crippen MR) is 26.8 cm³/mol. The van der Waals surface area contributed by atoms with Crippen LogP contribution < -0.4 is 34.7 Å². The molecule has 0 amide bonds. The maximum atomic E-state index is 9.44. The first kappa shape index (κ1) is 11.0. The number of thiol groups is 2. The Hall–Kier alpha value is 1.17. The Morgan fingerprint density at radius 1 is 1.57 bits per heavy atom.